The van der Waals surface area contributed by atoms with Gasteiger partial charge in [-0.2, -0.15) is 9.78 Å². The Morgan fingerprint density at radius 3 is 2.67 bits per heavy atom. The van der Waals surface area contributed by atoms with E-state index in [1.807, 2.05) is 37.3 Å². The highest BCUT2D eigenvalue weighted by molar-refractivity contribution is 5.81. The fourth-order valence-corrected chi connectivity index (χ4v) is 3.45. The molecule has 0 radical (unpaired) electrons. The van der Waals surface area contributed by atoms with Gasteiger partial charge in [-0.15, -0.1) is 0 Å². The van der Waals surface area contributed by atoms with Crippen LogP contribution >= 0.6 is 0 Å². The molecule has 2 aromatic carbocycles. The Labute approximate surface area is 174 Å². The van der Waals surface area contributed by atoms with Gasteiger partial charge in [0.15, 0.2) is 5.82 Å². The fourth-order valence-electron chi connectivity index (χ4n) is 3.45. The second-order valence-corrected chi connectivity index (χ2v) is 7.39. The number of hydrogen-bond acceptors (Lipinski definition) is 5. The maximum absolute atomic E-state index is 13.3. The van der Waals surface area contributed by atoms with E-state index >= 15 is 0 Å². The molecule has 30 heavy (non-hydrogen) atoms. The van der Waals surface area contributed by atoms with Gasteiger partial charge in [0, 0.05) is 5.56 Å². The van der Waals surface area contributed by atoms with E-state index in [1.54, 1.807) is 31.6 Å². The Balaban J connectivity index is 2.02. The van der Waals surface area contributed by atoms with Crippen molar-refractivity contribution >= 4 is 17.1 Å². The van der Waals surface area contributed by atoms with Crippen molar-refractivity contribution in [2.24, 2.45) is 5.10 Å². The Hall–Kier alpha value is -3.67. The van der Waals surface area contributed by atoms with Crippen molar-refractivity contribution in [3.05, 3.63) is 82.0 Å². The highest BCUT2D eigenvalue weighted by atomic mass is 16.5. The summed E-state index contributed by atoms with van der Waals surface area (Å²) in [5, 5.41) is 4.93. The number of furan rings is 1. The van der Waals surface area contributed by atoms with Crippen LogP contribution in [-0.4, -0.2) is 23.0 Å². The molecule has 6 nitrogen and oxygen atoms in total. The third-order valence-electron chi connectivity index (χ3n) is 5.04. The van der Waals surface area contributed by atoms with Crippen LogP contribution in [0.5, 0.6) is 5.75 Å². The lowest BCUT2D eigenvalue weighted by Crippen LogP contribution is -2.20. The van der Waals surface area contributed by atoms with Crippen LogP contribution < -0.4 is 10.3 Å². The zero-order chi connectivity index (χ0) is 21.3. The van der Waals surface area contributed by atoms with Crippen molar-refractivity contribution in [1.29, 1.82) is 0 Å². The van der Waals surface area contributed by atoms with Crippen LogP contribution in [0.15, 0.2) is 69.1 Å². The summed E-state index contributed by atoms with van der Waals surface area (Å²) in [5.41, 5.74) is 3.21. The zero-order valence-electron chi connectivity index (χ0n) is 17.4. The molecule has 4 rings (SSSR count). The van der Waals surface area contributed by atoms with Gasteiger partial charge in [0.25, 0.3) is 5.56 Å². The molecule has 0 N–H and O–H groups in total. The van der Waals surface area contributed by atoms with Gasteiger partial charge in [0.05, 0.1) is 30.5 Å². The Morgan fingerprint density at radius 1 is 1.17 bits per heavy atom. The Kier molecular flexibility index (Phi) is 5.23. The number of fused-ring (bicyclic) bond motifs is 1. The first kappa shape index (κ1) is 19.6. The number of benzene rings is 2. The highest BCUT2D eigenvalue weighted by Crippen LogP contribution is 2.34. The van der Waals surface area contributed by atoms with Gasteiger partial charge in [-0.25, -0.2) is 4.98 Å². The lowest BCUT2D eigenvalue weighted by molar-refractivity contribution is 0.407. The maximum atomic E-state index is 13.3. The minimum atomic E-state index is -0.236. The second kappa shape index (κ2) is 7.99. The Bertz CT molecular complexity index is 1290. The number of hydrogen-bond donors (Lipinski definition) is 0. The third kappa shape index (κ3) is 3.52. The van der Waals surface area contributed by atoms with Crippen LogP contribution in [0.25, 0.3) is 22.3 Å². The number of aromatic nitrogens is 2. The van der Waals surface area contributed by atoms with E-state index in [0.29, 0.717) is 22.5 Å². The van der Waals surface area contributed by atoms with Crippen LogP contribution in [0.3, 0.4) is 0 Å². The van der Waals surface area contributed by atoms with Gasteiger partial charge in [-0.05, 0) is 60.4 Å². The average Bonchev–Trinajstić information content (AvgIpc) is 3.26. The van der Waals surface area contributed by atoms with E-state index < -0.39 is 0 Å². The largest absolute Gasteiger partial charge is 0.496 e. The topological polar surface area (TPSA) is 69.6 Å². The first-order valence-corrected chi connectivity index (χ1v) is 9.78. The molecule has 0 unspecified atom stereocenters. The van der Waals surface area contributed by atoms with E-state index in [2.05, 4.69) is 18.9 Å². The molecule has 0 aliphatic rings. The first-order chi connectivity index (χ1) is 14.5. The summed E-state index contributed by atoms with van der Waals surface area (Å²) >= 11 is 0. The minimum absolute atomic E-state index is 0.236. The summed E-state index contributed by atoms with van der Waals surface area (Å²) in [5.74, 6) is 2.09. The summed E-state index contributed by atoms with van der Waals surface area (Å²) < 4.78 is 12.2. The zero-order valence-corrected chi connectivity index (χ0v) is 17.4. The molecule has 0 aliphatic heterocycles. The molecule has 4 aromatic rings. The second-order valence-electron chi connectivity index (χ2n) is 7.39. The molecule has 0 aliphatic carbocycles. The maximum Gasteiger partial charge on any atom is 0.282 e. The number of methoxy groups -OCH3 is 1. The summed E-state index contributed by atoms with van der Waals surface area (Å²) in [4.78, 5) is 18.1. The van der Waals surface area contributed by atoms with Crippen molar-refractivity contribution in [3.8, 4) is 17.1 Å². The molecule has 0 saturated carbocycles. The van der Waals surface area contributed by atoms with Crippen molar-refractivity contribution in [1.82, 2.24) is 9.66 Å². The highest BCUT2D eigenvalue weighted by Gasteiger charge is 2.18. The number of aryl methyl sites for hydroxylation is 1. The standard InChI is InChI=1S/C24H23N3O3/c1-15(2)19-13-20(16(3)12-22(19)29-4)23-26-21-10-6-5-9-18(21)24(28)27(23)25-14-17-8-7-11-30-17/h5-15H,1-4H3. The molecule has 0 atom stereocenters. The summed E-state index contributed by atoms with van der Waals surface area (Å²) in [6, 6.07) is 14.8. The smallest absolute Gasteiger partial charge is 0.282 e. The quantitative estimate of drug-likeness (QED) is 0.442. The predicted octanol–water partition coefficient (Wildman–Crippen LogP) is 4.98. The number of rotatable bonds is 5. The summed E-state index contributed by atoms with van der Waals surface area (Å²) in [6.45, 7) is 6.18. The third-order valence-corrected chi connectivity index (χ3v) is 5.04. The van der Waals surface area contributed by atoms with Crippen molar-refractivity contribution in [3.63, 3.8) is 0 Å². The van der Waals surface area contributed by atoms with Gasteiger partial charge in [-0.1, -0.05) is 26.0 Å². The molecule has 0 bridgehead atoms. The van der Waals surface area contributed by atoms with Gasteiger partial charge in [0.2, 0.25) is 0 Å². The van der Waals surface area contributed by atoms with Gasteiger partial charge in [0.1, 0.15) is 11.5 Å². The summed E-state index contributed by atoms with van der Waals surface area (Å²) in [7, 11) is 1.66. The van der Waals surface area contributed by atoms with Crippen LogP contribution in [0.4, 0.5) is 0 Å². The van der Waals surface area contributed by atoms with Gasteiger partial charge < -0.3 is 9.15 Å². The monoisotopic (exact) mass is 401 g/mol. The normalized spacial score (nSPS) is 11.6. The first-order valence-electron chi connectivity index (χ1n) is 9.78. The number of para-hydroxylation sites is 1. The lowest BCUT2D eigenvalue weighted by Gasteiger charge is -2.17. The van der Waals surface area contributed by atoms with Crippen LogP contribution in [-0.2, 0) is 0 Å². The van der Waals surface area contributed by atoms with Crippen molar-refractivity contribution in [2.45, 2.75) is 26.7 Å². The Morgan fingerprint density at radius 2 is 1.97 bits per heavy atom. The molecule has 6 heteroatoms. The van der Waals surface area contributed by atoms with Crippen LogP contribution in [0.1, 0.15) is 36.7 Å². The molecular formula is C24H23N3O3. The molecule has 152 valence electrons. The van der Waals surface area contributed by atoms with Gasteiger partial charge >= 0.3 is 0 Å². The van der Waals surface area contributed by atoms with Crippen molar-refractivity contribution < 1.29 is 9.15 Å². The van der Waals surface area contributed by atoms with E-state index in [4.69, 9.17) is 14.1 Å². The fraction of sp³-hybridized carbons (Fsp3) is 0.208. The van der Waals surface area contributed by atoms with E-state index in [0.717, 1.165) is 22.4 Å². The molecule has 0 fully saturated rings. The summed E-state index contributed by atoms with van der Waals surface area (Å²) in [6.07, 6.45) is 3.08. The SMILES string of the molecule is COc1cc(C)c(-c2nc3ccccc3c(=O)n2N=Cc2ccco2)cc1C(C)C. The predicted molar refractivity (Wildman–Crippen MR) is 119 cm³/mol. The molecule has 0 amide bonds. The molecule has 2 aromatic heterocycles. The minimum Gasteiger partial charge on any atom is -0.496 e. The molecule has 0 saturated heterocycles. The number of ether oxygens (including phenoxy) is 1. The lowest BCUT2D eigenvalue weighted by atomic mass is 9.96. The van der Waals surface area contributed by atoms with Gasteiger partial charge in [-0.3, -0.25) is 4.79 Å². The van der Waals surface area contributed by atoms with Crippen LogP contribution in [0, 0.1) is 6.92 Å². The molecule has 0 spiro atoms. The van der Waals surface area contributed by atoms with Crippen LogP contribution in [0.2, 0.25) is 0 Å². The van der Waals surface area contributed by atoms with E-state index in [9.17, 15) is 4.79 Å². The number of nitrogens with zero attached hydrogens (tertiary/aromatic N) is 3. The van der Waals surface area contributed by atoms with E-state index in [-0.39, 0.29) is 11.5 Å². The molecule has 2 heterocycles. The molecular weight excluding hydrogens is 378 g/mol. The van der Waals surface area contributed by atoms with E-state index in [1.165, 1.54) is 10.9 Å². The van der Waals surface area contributed by atoms with Crippen molar-refractivity contribution in [2.75, 3.05) is 7.11 Å². The average molecular weight is 401 g/mol.